The van der Waals surface area contributed by atoms with Crippen molar-refractivity contribution in [1.82, 2.24) is 4.57 Å². The maximum atomic E-state index is 6.09. The Morgan fingerprint density at radius 1 is 0.333 bits per heavy atom. The van der Waals surface area contributed by atoms with Crippen LogP contribution in [0.2, 0.25) is 0 Å². The van der Waals surface area contributed by atoms with Crippen LogP contribution in [0.25, 0.3) is 93.9 Å². The Morgan fingerprint density at radius 2 is 0.895 bits per heavy atom. The lowest BCUT2D eigenvalue weighted by Crippen LogP contribution is -1.95. The molecule has 0 aliphatic rings. The molecule has 57 heavy (non-hydrogen) atoms. The van der Waals surface area contributed by atoms with Crippen molar-refractivity contribution in [3.8, 4) is 50.2 Å². The van der Waals surface area contributed by atoms with Crippen molar-refractivity contribution >= 4 is 55.1 Å². The minimum atomic E-state index is 0.912. The molecule has 0 unspecified atom stereocenters. The van der Waals surface area contributed by atoms with E-state index >= 15 is 0 Å². The number of hydrogen-bond acceptors (Lipinski definition) is 2. The number of rotatable bonds is 7. The Morgan fingerprint density at radius 3 is 1.74 bits per heavy atom. The second-order valence-corrected chi connectivity index (χ2v) is 14.6. The molecule has 0 saturated carbocycles. The summed E-state index contributed by atoms with van der Waals surface area (Å²) in [5.41, 5.74) is 16.8. The zero-order valence-electron chi connectivity index (χ0n) is 31.1. The van der Waals surface area contributed by atoms with E-state index in [-0.39, 0.29) is 0 Å². The number of furan rings is 1. The fraction of sp³-hybridized carbons (Fsp3) is 0. The first kappa shape index (κ1) is 32.8. The SMILES string of the molecule is c1ccc(-c2cccc(Nc3ccc(-c4ccc5c(c4)c4ccccc4n5-c4ccc(-c5ccc6oc7ccccc7c6c5)cc4)cc3-c3ccccc3)c2)cc1. The average molecular weight is 729 g/mol. The van der Waals surface area contributed by atoms with Crippen molar-refractivity contribution in [3.05, 3.63) is 212 Å². The highest BCUT2D eigenvalue weighted by molar-refractivity contribution is 6.11. The quantitative estimate of drug-likeness (QED) is 0.177. The molecular weight excluding hydrogens is 693 g/mol. The van der Waals surface area contributed by atoms with E-state index in [9.17, 15) is 0 Å². The molecule has 268 valence electrons. The fourth-order valence-electron chi connectivity index (χ4n) is 8.39. The molecule has 0 radical (unpaired) electrons. The second-order valence-electron chi connectivity index (χ2n) is 14.6. The molecule has 3 heteroatoms. The Kier molecular flexibility index (Phi) is 7.82. The maximum Gasteiger partial charge on any atom is 0.135 e. The van der Waals surface area contributed by atoms with Gasteiger partial charge in [0.25, 0.3) is 0 Å². The highest BCUT2D eigenvalue weighted by Crippen LogP contribution is 2.39. The van der Waals surface area contributed by atoms with Crippen LogP contribution in [0.1, 0.15) is 0 Å². The summed E-state index contributed by atoms with van der Waals surface area (Å²) >= 11 is 0. The number of fused-ring (bicyclic) bond motifs is 6. The third-order valence-corrected chi connectivity index (χ3v) is 11.2. The Hall–Kier alpha value is -7.62. The first-order valence-electron chi connectivity index (χ1n) is 19.4. The van der Waals surface area contributed by atoms with Crippen molar-refractivity contribution in [1.29, 1.82) is 0 Å². The van der Waals surface area contributed by atoms with E-state index in [0.717, 1.165) is 44.6 Å². The van der Waals surface area contributed by atoms with E-state index in [1.165, 1.54) is 60.8 Å². The Bertz CT molecular complexity index is 3250. The predicted octanol–water partition coefficient (Wildman–Crippen LogP) is 15.1. The third kappa shape index (κ3) is 5.85. The van der Waals surface area contributed by atoms with E-state index < -0.39 is 0 Å². The number of benzene rings is 9. The molecule has 1 N–H and O–H groups in total. The van der Waals surface area contributed by atoms with Crippen LogP contribution in [-0.4, -0.2) is 4.57 Å². The van der Waals surface area contributed by atoms with Crippen LogP contribution >= 0.6 is 0 Å². The molecule has 11 aromatic rings. The molecule has 0 spiro atoms. The molecule has 3 nitrogen and oxygen atoms in total. The van der Waals surface area contributed by atoms with Gasteiger partial charge in [-0.2, -0.15) is 0 Å². The van der Waals surface area contributed by atoms with Gasteiger partial charge in [0.05, 0.1) is 11.0 Å². The van der Waals surface area contributed by atoms with Crippen LogP contribution in [0.4, 0.5) is 11.4 Å². The number of hydrogen-bond donors (Lipinski definition) is 1. The summed E-state index contributed by atoms with van der Waals surface area (Å²) in [6, 6.07) is 75.9. The van der Waals surface area contributed by atoms with Gasteiger partial charge in [-0.1, -0.05) is 140 Å². The zero-order chi connectivity index (χ0) is 37.7. The average Bonchev–Trinajstić information content (AvgIpc) is 3.82. The van der Waals surface area contributed by atoms with Gasteiger partial charge < -0.3 is 14.3 Å². The van der Waals surface area contributed by atoms with Crippen molar-refractivity contribution in [3.63, 3.8) is 0 Å². The molecule has 0 saturated heterocycles. The van der Waals surface area contributed by atoms with Gasteiger partial charge in [0, 0.05) is 44.2 Å². The summed E-state index contributed by atoms with van der Waals surface area (Å²) in [5, 5.41) is 8.50. The topological polar surface area (TPSA) is 30.1 Å². The minimum Gasteiger partial charge on any atom is -0.456 e. The molecule has 2 aromatic heterocycles. The molecule has 0 bridgehead atoms. The van der Waals surface area contributed by atoms with Crippen LogP contribution < -0.4 is 5.32 Å². The molecular formula is C54H36N2O. The summed E-state index contributed by atoms with van der Waals surface area (Å²) in [5.74, 6) is 0. The second kappa shape index (κ2) is 13.6. The molecule has 0 atom stereocenters. The lowest BCUT2D eigenvalue weighted by molar-refractivity contribution is 0.669. The number of nitrogens with zero attached hydrogens (tertiary/aromatic N) is 1. The number of nitrogens with one attached hydrogen (secondary N) is 1. The molecule has 9 aromatic carbocycles. The summed E-state index contributed by atoms with van der Waals surface area (Å²) in [7, 11) is 0. The van der Waals surface area contributed by atoms with Gasteiger partial charge >= 0.3 is 0 Å². The first-order valence-corrected chi connectivity index (χ1v) is 19.4. The standard InChI is InChI=1S/C54H36N2O/c1-3-12-36(13-4-1)39-16-11-17-43(32-39)55-50-29-24-41(33-47(50)38-14-5-2-6-15-38)42-25-30-52-48(34-42)45-18-7-9-20-51(45)56(52)44-27-22-37(23-28-44)40-26-31-54-49(35-40)46-19-8-10-21-53(46)57-54/h1-35,55H. The monoisotopic (exact) mass is 728 g/mol. The first-order chi connectivity index (χ1) is 28.2. The van der Waals surface area contributed by atoms with Crippen molar-refractivity contribution in [2.24, 2.45) is 0 Å². The fourth-order valence-corrected chi connectivity index (χ4v) is 8.39. The van der Waals surface area contributed by atoms with E-state index in [2.05, 4.69) is 210 Å². The van der Waals surface area contributed by atoms with Gasteiger partial charge in [-0.25, -0.2) is 0 Å². The van der Waals surface area contributed by atoms with Gasteiger partial charge in [0.1, 0.15) is 11.2 Å². The molecule has 11 rings (SSSR count). The normalized spacial score (nSPS) is 11.5. The van der Waals surface area contributed by atoms with Crippen molar-refractivity contribution in [2.45, 2.75) is 0 Å². The molecule has 2 heterocycles. The molecule has 0 aliphatic heterocycles. The Labute approximate surface area is 330 Å². The van der Waals surface area contributed by atoms with Crippen LogP contribution in [0, 0.1) is 0 Å². The molecule has 0 amide bonds. The maximum absolute atomic E-state index is 6.09. The summed E-state index contributed by atoms with van der Waals surface area (Å²) in [6.07, 6.45) is 0. The van der Waals surface area contributed by atoms with E-state index in [1.807, 2.05) is 12.1 Å². The van der Waals surface area contributed by atoms with E-state index in [0.29, 0.717) is 0 Å². The third-order valence-electron chi connectivity index (χ3n) is 11.2. The van der Waals surface area contributed by atoms with Gasteiger partial charge in [-0.05, 0) is 112 Å². The predicted molar refractivity (Wildman–Crippen MR) is 240 cm³/mol. The zero-order valence-corrected chi connectivity index (χ0v) is 31.1. The van der Waals surface area contributed by atoms with Crippen LogP contribution in [0.3, 0.4) is 0 Å². The van der Waals surface area contributed by atoms with E-state index in [4.69, 9.17) is 4.42 Å². The largest absolute Gasteiger partial charge is 0.456 e. The lowest BCUT2D eigenvalue weighted by Gasteiger charge is -2.16. The van der Waals surface area contributed by atoms with Crippen LogP contribution in [0.5, 0.6) is 0 Å². The highest BCUT2D eigenvalue weighted by Gasteiger charge is 2.16. The van der Waals surface area contributed by atoms with Crippen molar-refractivity contribution < 1.29 is 4.42 Å². The Balaban J connectivity index is 0.964. The van der Waals surface area contributed by atoms with Crippen LogP contribution in [0.15, 0.2) is 217 Å². The molecule has 0 fully saturated rings. The van der Waals surface area contributed by atoms with Crippen LogP contribution in [-0.2, 0) is 0 Å². The summed E-state index contributed by atoms with van der Waals surface area (Å²) < 4.78 is 8.48. The van der Waals surface area contributed by atoms with E-state index in [1.54, 1.807) is 0 Å². The van der Waals surface area contributed by atoms with Crippen molar-refractivity contribution in [2.75, 3.05) is 5.32 Å². The number of para-hydroxylation sites is 2. The lowest BCUT2D eigenvalue weighted by atomic mass is 9.96. The highest BCUT2D eigenvalue weighted by atomic mass is 16.3. The summed E-state index contributed by atoms with van der Waals surface area (Å²) in [4.78, 5) is 0. The van der Waals surface area contributed by atoms with Gasteiger partial charge in [0.15, 0.2) is 0 Å². The van der Waals surface area contributed by atoms with Gasteiger partial charge in [0.2, 0.25) is 0 Å². The number of anilines is 2. The number of aromatic nitrogens is 1. The molecule has 0 aliphatic carbocycles. The minimum absolute atomic E-state index is 0.912. The van der Waals surface area contributed by atoms with Gasteiger partial charge in [-0.15, -0.1) is 0 Å². The smallest absolute Gasteiger partial charge is 0.135 e. The van der Waals surface area contributed by atoms with Gasteiger partial charge in [-0.3, -0.25) is 0 Å². The summed E-state index contributed by atoms with van der Waals surface area (Å²) in [6.45, 7) is 0.